The molecule has 3 aromatic carbocycles. The van der Waals surface area contributed by atoms with Gasteiger partial charge in [-0.25, -0.2) is 10.2 Å². The Labute approximate surface area is 185 Å². The number of carbonyl (C=O) groups is 2. The Morgan fingerprint density at radius 1 is 1.00 bits per heavy atom. The largest absolute Gasteiger partial charge is 0.490 e. The van der Waals surface area contributed by atoms with Crippen LogP contribution in [0.15, 0.2) is 71.8 Å². The van der Waals surface area contributed by atoms with E-state index in [1.54, 1.807) is 54.6 Å². The van der Waals surface area contributed by atoms with E-state index in [0.29, 0.717) is 34.1 Å². The Bertz CT molecular complexity index is 1110. The van der Waals surface area contributed by atoms with Crippen LogP contribution >= 0.6 is 11.6 Å². The fraction of sp³-hybridized carbons (Fsp3) is 0.125. The molecule has 3 aromatic rings. The number of hydrazone groups is 1. The van der Waals surface area contributed by atoms with Gasteiger partial charge in [-0.1, -0.05) is 29.3 Å². The minimum atomic E-state index is -0.524. The molecule has 0 unspecified atom stereocenters. The van der Waals surface area contributed by atoms with Gasteiger partial charge in [0.15, 0.2) is 11.5 Å². The lowest BCUT2D eigenvalue weighted by molar-refractivity contribution is 0.0728. The highest BCUT2D eigenvalue weighted by Crippen LogP contribution is 2.29. The minimum Gasteiger partial charge on any atom is -0.490 e. The van der Waals surface area contributed by atoms with Crippen molar-refractivity contribution >= 4 is 29.7 Å². The zero-order valence-electron chi connectivity index (χ0n) is 17.1. The molecule has 0 heterocycles. The molecule has 0 aliphatic rings. The van der Waals surface area contributed by atoms with Gasteiger partial charge in [0.2, 0.25) is 0 Å². The Morgan fingerprint density at radius 2 is 1.77 bits per heavy atom. The molecule has 0 saturated carbocycles. The number of amides is 1. The summed E-state index contributed by atoms with van der Waals surface area (Å²) in [6.45, 7) is 4.13. The second-order valence-corrected chi connectivity index (χ2v) is 7.04. The van der Waals surface area contributed by atoms with Crippen LogP contribution in [0.25, 0.3) is 0 Å². The number of halogens is 1. The van der Waals surface area contributed by atoms with Crippen LogP contribution in [-0.4, -0.2) is 24.7 Å². The topological polar surface area (TPSA) is 77.0 Å². The smallest absolute Gasteiger partial charge is 0.343 e. The van der Waals surface area contributed by atoms with Crippen molar-refractivity contribution in [3.05, 3.63) is 94.0 Å². The van der Waals surface area contributed by atoms with E-state index in [4.69, 9.17) is 21.1 Å². The highest BCUT2D eigenvalue weighted by Gasteiger charge is 2.13. The number of ether oxygens (including phenoxy) is 2. The molecule has 0 atom stereocenters. The number of hydrogen-bond donors (Lipinski definition) is 1. The molecule has 0 aromatic heterocycles. The molecule has 0 fully saturated rings. The molecule has 7 heteroatoms. The molecule has 0 bridgehead atoms. The van der Waals surface area contributed by atoms with Gasteiger partial charge in [0, 0.05) is 10.6 Å². The summed E-state index contributed by atoms with van der Waals surface area (Å²) >= 11 is 5.85. The Morgan fingerprint density at radius 3 is 2.48 bits per heavy atom. The lowest BCUT2D eigenvalue weighted by Crippen LogP contribution is -2.17. The van der Waals surface area contributed by atoms with Crippen molar-refractivity contribution in [3.8, 4) is 11.5 Å². The van der Waals surface area contributed by atoms with E-state index in [9.17, 15) is 9.59 Å². The van der Waals surface area contributed by atoms with Crippen molar-refractivity contribution in [2.45, 2.75) is 13.8 Å². The third-order valence-electron chi connectivity index (χ3n) is 4.21. The maximum atomic E-state index is 12.4. The summed E-state index contributed by atoms with van der Waals surface area (Å²) in [7, 11) is 0. The zero-order chi connectivity index (χ0) is 22.2. The number of nitrogens with zero attached hydrogens (tertiary/aromatic N) is 1. The lowest BCUT2D eigenvalue weighted by Gasteiger charge is -2.11. The second kappa shape index (κ2) is 10.4. The maximum absolute atomic E-state index is 12.4. The van der Waals surface area contributed by atoms with Gasteiger partial charge in [-0.05, 0) is 74.0 Å². The maximum Gasteiger partial charge on any atom is 0.343 e. The summed E-state index contributed by atoms with van der Waals surface area (Å²) < 4.78 is 11.1. The zero-order valence-corrected chi connectivity index (χ0v) is 17.8. The van der Waals surface area contributed by atoms with Crippen LogP contribution in [0.4, 0.5) is 0 Å². The lowest BCUT2D eigenvalue weighted by atomic mass is 10.1. The predicted molar refractivity (Wildman–Crippen MR) is 120 cm³/mol. The molecule has 0 aliphatic heterocycles. The monoisotopic (exact) mass is 436 g/mol. The first kappa shape index (κ1) is 22.1. The fourth-order valence-corrected chi connectivity index (χ4v) is 2.84. The van der Waals surface area contributed by atoms with Gasteiger partial charge < -0.3 is 9.47 Å². The summed E-state index contributed by atoms with van der Waals surface area (Å²) in [5, 5.41) is 4.53. The van der Waals surface area contributed by atoms with E-state index < -0.39 is 5.97 Å². The number of nitrogens with one attached hydrogen (secondary N) is 1. The minimum absolute atomic E-state index is 0.280. The first-order chi connectivity index (χ1) is 15.0. The number of hydrogen-bond acceptors (Lipinski definition) is 5. The summed E-state index contributed by atoms with van der Waals surface area (Å²) in [5.74, 6) is -0.163. The molecule has 1 N–H and O–H groups in total. The van der Waals surface area contributed by atoms with Gasteiger partial charge in [0.05, 0.1) is 18.4 Å². The SMILES string of the molecule is CCOc1cc(/C=N\NC(=O)c2cccc(C)c2)ccc1OC(=O)c1ccc(Cl)cc1. The van der Waals surface area contributed by atoms with Gasteiger partial charge in [-0.2, -0.15) is 5.10 Å². The second-order valence-electron chi connectivity index (χ2n) is 6.60. The molecular formula is C24H21ClN2O4. The molecular weight excluding hydrogens is 416 g/mol. The van der Waals surface area contributed by atoms with Crippen LogP contribution < -0.4 is 14.9 Å². The van der Waals surface area contributed by atoms with Crippen molar-refractivity contribution in [1.29, 1.82) is 0 Å². The summed E-state index contributed by atoms with van der Waals surface area (Å²) in [6, 6.07) is 18.6. The quantitative estimate of drug-likeness (QED) is 0.244. The van der Waals surface area contributed by atoms with Crippen molar-refractivity contribution in [2.75, 3.05) is 6.61 Å². The van der Waals surface area contributed by atoms with Gasteiger partial charge in [0.1, 0.15) is 0 Å². The fourth-order valence-electron chi connectivity index (χ4n) is 2.72. The number of rotatable bonds is 7. The average Bonchev–Trinajstić information content (AvgIpc) is 2.76. The van der Waals surface area contributed by atoms with Crippen molar-refractivity contribution in [3.63, 3.8) is 0 Å². The van der Waals surface area contributed by atoms with Crippen LogP contribution in [0.1, 0.15) is 38.8 Å². The third-order valence-corrected chi connectivity index (χ3v) is 4.46. The summed E-state index contributed by atoms with van der Waals surface area (Å²) in [6.07, 6.45) is 1.49. The first-order valence-corrected chi connectivity index (χ1v) is 9.98. The van der Waals surface area contributed by atoms with Crippen LogP contribution in [-0.2, 0) is 0 Å². The molecule has 0 spiro atoms. The highest BCUT2D eigenvalue weighted by atomic mass is 35.5. The van der Waals surface area contributed by atoms with E-state index in [1.165, 1.54) is 6.21 Å². The molecule has 0 saturated heterocycles. The normalized spacial score (nSPS) is 10.7. The first-order valence-electron chi connectivity index (χ1n) is 9.61. The number of aryl methyl sites for hydroxylation is 1. The molecule has 6 nitrogen and oxygen atoms in total. The van der Waals surface area contributed by atoms with Gasteiger partial charge in [-0.15, -0.1) is 0 Å². The van der Waals surface area contributed by atoms with Crippen molar-refractivity contribution < 1.29 is 19.1 Å². The van der Waals surface area contributed by atoms with Crippen molar-refractivity contribution in [2.24, 2.45) is 5.10 Å². The van der Waals surface area contributed by atoms with E-state index in [1.807, 2.05) is 26.0 Å². The molecule has 3 rings (SSSR count). The standard InChI is InChI=1S/C24H21ClN2O4/c1-3-30-22-14-17(15-26-27-23(28)19-6-4-5-16(2)13-19)7-12-21(22)31-24(29)18-8-10-20(25)11-9-18/h4-15H,3H2,1-2H3,(H,27,28)/b26-15-. The highest BCUT2D eigenvalue weighted by molar-refractivity contribution is 6.30. The summed E-state index contributed by atoms with van der Waals surface area (Å²) in [5.41, 5.74) is 5.04. The van der Waals surface area contributed by atoms with E-state index in [-0.39, 0.29) is 11.7 Å². The average molecular weight is 437 g/mol. The van der Waals surface area contributed by atoms with Crippen molar-refractivity contribution in [1.82, 2.24) is 5.43 Å². The Kier molecular flexibility index (Phi) is 7.40. The van der Waals surface area contributed by atoms with Crippen LogP contribution in [0.5, 0.6) is 11.5 Å². The molecule has 1 amide bonds. The number of esters is 1. The van der Waals surface area contributed by atoms with Gasteiger partial charge >= 0.3 is 5.97 Å². The van der Waals surface area contributed by atoms with Crippen LogP contribution in [0, 0.1) is 6.92 Å². The Hall–Kier alpha value is -3.64. The van der Waals surface area contributed by atoms with Crippen LogP contribution in [0.2, 0.25) is 5.02 Å². The summed E-state index contributed by atoms with van der Waals surface area (Å²) in [4.78, 5) is 24.6. The molecule has 0 aliphatic carbocycles. The van der Waals surface area contributed by atoms with E-state index in [0.717, 1.165) is 5.56 Å². The number of carbonyl (C=O) groups excluding carboxylic acids is 2. The Balaban J connectivity index is 1.70. The van der Waals surface area contributed by atoms with E-state index in [2.05, 4.69) is 10.5 Å². The molecule has 31 heavy (non-hydrogen) atoms. The third kappa shape index (κ3) is 6.17. The predicted octanol–water partition coefficient (Wildman–Crippen LogP) is 5.03. The number of benzene rings is 3. The van der Waals surface area contributed by atoms with Gasteiger partial charge in [-0.3, -0.25) is 4.79 Å². The van der Waals surface area contributed by atoms with Crippen LogP contribution in [0.3, 0.4) is 0 Å². The molecule has 0 radical (unpaired) electrons. The molecule has 158 valence electrons. The van der Waals surface area contributed by atoms with E-state index >= 15 is 0 Å². The van der Waals surface area contributed by atoms with Gasteiger partial charge in [0.25, 0.3) is 5.91 Å².